The van der Waals surface area contributed by atoms with Gasteiger partial charge >= 0.3 is 0 Å². The van der Waals surface area contributed by atoms with Crippen LogP contribution < -0.4 is 0 Å². The average Bonchev–Trinajstić information content (AvgIpc) is 2.01. The van der Waals surface area contributed by atoms with Crippen molar-refractivity contribution in [1.82, 2.24) is 0 Å². The van der Waals surface area contributed by atoms with E-state index in [0.29, 0.717) is 0 Å². The molecule has 0 spiro atoms. The lowest BCUT2D eigenvalue weighted by Crippen LogP contribution is -2.10. The molecule has 0 fully saturated rings. The zero-order chi connectivity index (χ0) is 10.9. The molecule has 1 nitrogen and oxygen atoms in total. The van der Waals surface area contributed by atoms with E-state index >= 15 is 0 Å². The molecule has 1 aromatic rings. The lowest BCUT2D eigenvalue weighted by Gasteiger charge is -2.14. The molecule has 0 amide bonds. The summed E-state index contributed by atoms with van der Waals surface area (Å²) in [6.45, 7) is 3.05. The summed E-state index contributed by atoms with van der Waals surface area (Å²) >= 11 is 0. The molecule has 0 saturated heterocycles. The molecule has 4 heteroatoms. The number of carbonyl (C=O) groups excluding carboxylic acids is 1. The molecule has 0 heterocycles. The van der Waals surface area contributed by atoms with Crippen molar-refractivity contribution in [2.45, 2.75) is 19.5 Å². The number of ketones is 1. The van der Waals surface area contributed by atoms with E-state index in [0.717, 1.165) is 5.56 Å². The van der Waals surface area contributed by atoms with Gasteiger partial charge in [0.15, 0.2) is 5.78 Å². The van der Waals surface area contributed by atoms with Crippen LogP contribution in [-0.4, -0.2) is 5.78 Å². The van der Waals surface area contributed by atoms with Crippen molar-refractivity contribution in [1.29, 1.82) is 0 Å². The minimum absolute atomic E-state index is 0.0880. The maximum atomic E-state index is 13.0. The second-order valence-corrected chi connectivity index (χ2v) is 3.95. The van der Waals surface area contributed by atoms with E-state index in [9.17, 15) is 13.6 Å². The van der Waals surface area contributed by atoms with Crippen LogP contribution in [0.2, 0.25) is 0 Å². The number of benzene rings is 1. The molecule has 0 N–H and O–H groups in total. The summed E-state index contributed by atoms with van der Waals surface area (Å²) in [6.07, 6.45) is 0. The van der Waals surface area contributed by atoms with Crippen LogP contribution in [-0.2, 0) is 5.66 Å². The molecule has 0 aliphatic rings. The van der Waals surface area contributed by atoms with E-state index in [-0.39, 0.29) is 16.9 Å². The van der Waals surface area contributed by atoms with Crippen LogP contribution >= 0.6 is 9.24 Å². The highest BCUT2D eigenvalue weighted by Gasteiger charge is 2.28. The molecule has 1 rings (SSSR count). The van der Waals surface area contributed by atoms with Gasteiger partial charge in [0.2, 0.25) is 0 Å². The Kier molecular flexibility index (Phi) is 3.01. The van der Waals surface area contributed by atoms with Gasteiger partial charge in [-0.2, -0.15) is 8.78 Å². The van der Waals surface area contributed by atoms with E-state index in [1.54, 1.807) is 13.0 Å². The maximum absolute atomic E-state index is 13.0. The van der Waals surface area contributed by atoms with Crippen molar-refractivity contribution in [3.05, 3.63) is 34.9 Å². The predicted octanol–water partition coefficient (Wildman–Crippen LogP) is 3.12. The minimum Gasteiger partial charge on any atom is -0.294 e. The van der Waals surface area contributed by atoms with Gasteiger partial charge in [0.1, 0.15) is 0 Å². The Labute approximate surface area is 83.7 Å². The van der Waals surface area contributed by atoms with Crippen LogP contribution in [0.5, 0.6) is 0 Å². The van der Waals surface area contributed by atoms with E-state index in [1.165, 1.54) is 28.3 Å². The molecular formula is C10H11F2OP. The van der Waals surface area contributed by atoms with E-state index in [1.807, 2.05) is 0 Å². The van der Waals surface area contributed by atoms with Gasteiger partial charge in [-0.1, -0.05) is 26.9 Å². The Morgan fingerprint density at radius 2 is 2.00 bits per heavy atom. The van der Waals surface area contributed by atoms with Gasteiger partial charge < -0.3 is 0 Å². The number of carbonyl (C=O) groups is 1. The first kappa shape index (κ1) is 11.3. The van der Waals surface area contributed by atoms with Gasteiger partial charge in [0.25, 0.3) is 5.66 Å². The Morgan fingerprint density at radius 3 is 2.43 bits per heavy atom. The van der Waals surface area contributed by atoms with Crippen LogP contribution in [0, 0.1) is 6.92 Å². The fourth-order valence-corrected chi connectivity index (χ4v) is 1.49. The van der Waals surface area contributed by atoms with Gasteiger partial charge in [-0.05, 0) is 19.9 Å². The quantitative estimate of drug-likeness (QED) is 0.548. The Morgan fingerprint density at radius 1 is 1.43 bits per heavy atom. The predicted molar refractivity (Wildman–Crippen MR) is 54.8 cm³/mol. The summed E-state index contributed by atoms with van der Waals surface area (Å²) in [5.41, 5.74) is -2.40. The summed E-state index contributed by atoms with van der Waals surface area (Å²) in [5.74, 6) is -0.342. The average molecular weight is 216 g/mol. The second kappa shape index (κ2) is 3.74. The van der Waals surface area contributed by atoms with Gasteiger partial charge in [-0.3, -0.25) is 4.79 Å². The van der Waals surface area contributed by atoms with Crippen molar-refractivity contribution >= 4 is 15.0 Å². The lowest BCUT2D eigenvalue weighted by atomic mass is 10.0. The standard InChI is InChI=1S/C10H11F2OP/c1-6-3-4-9(10(11,12)14)8(5-6)7(2)13/h3-5H,14H2,1-2H3. The summed E-state index contributed by atoms with van der Waals surface area (Å²) in [5, 5.41) is 0. The van der Waals surface area contributed by atoms with E-state index in [2.05, 4.69) is 0 Å². The number of alkyl halides is 2. The molecule has 14 heavy (non-hydrogen) atoms. The molecule has 0 radical (unpaired) electrons. The van der Waals surface area contributed by atoms with E-state index in [4.69, 9.17) is 0 Å². The molecule has 0 saturated carbocycles. The Bertz CT molecular complexity index is 369. The van der Waals surface area contributed by atoms with Crippen molar-refractivity contribution in [3.63, 3.8) is 0 Å². The number of Topliss-reactive ketones (excluding diaryl/α,β-unsaturated/α-hetero) is 1. The van der Waals surface area contributed by atoms with Gasteiger partial charge in [0.05, 0.1) is 0 Å². The zero-order valence-electron chi connectivity index (χ0n) is 7.97. The molecular weight excluding hydrogens is 205 g/mol. The zero-order valence-corrected chi connectivity index (χ0v) is 9.13. The second-order valence-electron chi connectivity index (χ2n) is 3.23. The summed E-state index contributed by atoms with van der Waals surface area (Å²) in [7, 11) is 1.44. The fourth-order valence-electron chi connectivity index (χ4n) is 1.24. The first-order valence-corrected chi connectivity index (χ1v) is 4.69. The molecule has 76 valence electrons. The maximum Gasteiger partial charge on any atom is 0.284 e. The molecule has 0 aliphatic carbocycles. The summed E-state index contributed by atoms with van der Waals surface area (Å²) < 4.78 is 26.0. The lowest BCUT2D eigenvalue weighted by molar-refractivity contribution is 0.0936. The van der Waals surface area contributed by atoms with Crippen molar-refractivity contribution in [3.8, 4) is 0 Å². The minimum atomic E-state index is -3.05. The molecule has 0 bridgehead atoms. The van der Waals surface area contributed by atoms with Crippen LogP contribution in [0.4, 0.5) is 8.78 Å². The highest BCUT2D eigenvalue weighted by Crippen LogP contribution is 2.37. The van der Waals surface area contributed by atoms with Crippen LogP contribution in [0.15, 0.2) is 18.2 Å². The van der Waals surface area contributed by atoms with Crippen LogP contribution in [0.3, 0.4) is 0 Å². The fraction of sp³-hybridized carbons (Fsp3) is 0.300. The molecule has 0 aromatic heterocycles. The Hall–Kier alpha value is -0.820. The van der Waals surface area contributed by atoms with Crippen LogP contribution in [0.25, 0.3) is 0 Å². The molecule has 1 unspecified atom stereocenters. The van der Waals surface area contributed by atoms with Crippen LogP contribution in [0.1, 0.15) is 28.4 Å². The van der Waals surface area contributed by atoms with Gasteiger partial charge in [-0.25, -0.2) is 0 Å². The van der Waals surface area contributed by atoms with E-state index < -0.39 is 5.66 Å². The number of aryl methyl sites for hydroxylation is 1. The first-order valence-electron chi connectivity index (χ1n) is 4.11. The third-order valence-corrected chi connectivity index (χ3v) is 2.22. The highest BCUT2D eigenvalue weighted by molar-refractivity contribution is 7.17. The summed E-state index contributed by atoms with van der Waals surface area (Å²) in [4.78, 5) is 11.1. The number of halogens is 2. The monoisotopic (exact) mass is 216 g/mol. The van der Waals surface area contributed by atoms with Crippen molar-refractivity contribution in [2.24, 2.45) is 0 Å². The topological polar surface area (TPSA) is 17.1 Å². The Balaban J connectivity index is 3.37. The van der Waals surface area contributed by atoms with Crippen molar-refractivity contribution < 1.29 is 13.6 Å². The first-order chi connectivity index (χ1) is 6.32. The van der Waals surface area contributed by atoms with Crippen molar-refractivity contribution in [2.75, 3.05) is 0 Å². The number of rotatable bonds is 2. The third kappa shape index (κ3) is 2.36. The number of hydrogen-bond donors (Lipinski definition) is 0. The normalized spacial score (nSPS) is 11.5. The van der Waals surface area contributed by atoms with Gasteiger partial charge in [0, 0.05) is 11.1 Å². The largest absolute Gasteiger partial charge is 0.294 e. The molecule has 0 aliphatic heterocycles. The molecule has 1 aromatic carbocycles. The third-order valence-electron chi connectivity index (χ3n) is 1.91. The smallest absolute Gasteiger partial charge is 0.284 e. The number of hydrogen-bond acceptors (Lipinski definition) is 1. The molecule has 1 atom stereocenters. The SMILES string of the molecule is CC(=O)c1cc(C)ccc1C(F)(F)P. The van der Waals surface area contributed by atoms with Gasteiger partial charge in [-0.15, -0.1) is 0 Å². The highest BCUT2D eigenvalue weighted by atomic mass is 31.0. The summed E-state index contributed by atoms with van der Waals surface area (Å²) in [6, 6.07) is 4.34.